The Labute approximate surface area is 193 Å². The minimum absolute atomic E-state index is 0.271. The summed E-state index contributed by atoms with van der Waals surface area (Å²) in [5.74, 6) is -0.309. The molecule has 9 heteroatoms. The second kappa shape index (κ2) is 9.14. The van der Waals surface area contributed by atoms with Gasteiger partial charge in [0.1, 0.15) is 11.4 Å². The molecule has 0 saturated heterocycles. The van der Waals surface area contributed by atoms with Gasteiger partial charge in [0, 0.05) is 34.3 Å². The van der Waals surface area contributed by atoms with Crippen LogP contribution in [0.2, 0.25) is 10.0 Å². The smallest absolute Gasteiger partial charge is 0.257 e. The Balaban J connectivity index is 1.66. The predicted molar refractivity (Wildman–Crippen MR) is 121 cm³/mol. The van der Waals surface area contributed by atoms with Crippen molar-refractivity contribution in [3.05, 3.63) is 92.5 Å². The van der Waals surface area contributed by atoms with Crippen LogP contribution < -0.4 is 10.1 Å². The molecular weight excluding hydrogens is 454 g/mol. The van der Waals surface area contributed by atoms with E-state index in [0.29, 0.717) is 39.3 Å². The number of carbonyl (C=O) groups is 1. The zero-order valence-corrected chi connectivity index (χ0v) is 18.8. The highest BCUT2D eigenvalue weighted by atomic mass is 35.5. The number of ether oxygens (including phenoxy) is 1. The number of halogens is 3. The van der Waals surface area contributed by atoms with Gasteiger partial charge < -0.3 is 10.1 Å². The van der Waals surface area contributed by atoms with E-state index in [9.17, 15) is 9.18 Å². The van der Waals surface area contributed by atoms with Crippen molar-refractivity contribution in [3.63, 3.8) is 0 Å². The zero-order valence-electron chi connectivity index (χ0n) is 17.3. The average Bonchev–Trinajstić information content (AvgIpc) is 3.18. The molecule has 4 rings (SSSR count). The van der Waals surface area contributed by atoms with Crippen molar-refractivity contribution in [2.75, 3.05) is 7.11 Å². The van der Waals surface area contributed by atoms with Crippen LogP contribution in [0.25, 0.3) is 5.65 Å². The lowest BCUT2D eigenvalue weighted by Crippen LogP contribution is -2.23. The largest absolute Gasteiger partial charge is 0.481 e. The van der Waals surface area contributed by atoms with Crippen molar-refractivity contribution >= 4 is 34.8 Å². The minimum atomic E-state index is -0.407. The molecule has 0 spiro atoms. The Morgan fingerprint density at radius 1 is 1.16 bits per heavy atom. The normalized spacial score (nSPS) is 11.0. The summed E-state index contributed by atoms with van der Waals surface area (Å²) in [6.07, 6.45) is 1.81. The highest BCUT2D eigenvalue weighted by molar-refractivity contribution is 6.31. The van der Waals surface area contributed by atoms with Gasteiger partial charge in [-0.3, -0.25) is 4.79 Å². The molecule has 0 saturated carbocycles. The fourth-order valence-corrected chi connectivity index (χ4v) is 3.89. The molecule has 164 valence electrons. The second-order valence-electron chi connectivity index (χ2n) is 7.17. The number of aryl methyl sites for hydroxylation is 1. The molecule has 0 bridgehead atoms. The summed E-state index contributed by atoms with van der Waals surface area (Å²) < 4.78 is 20.5. The van der Waals surface area contributed by atoms with Gasteiger partial charge in [-0.25, -0.2) is 9.37 Å². The molecule has 0 fully saturated rings. The van der Waals surface area contributed by atoms with Crippen LogP contribution in [0.15, 0.2) is 48.7 Å². The molecule has 2 aromatic heterocycles. The molecule has 2 heterocycles. The van der Waals surface area contributed by atoms with E-state index in [1.807, 2.05) is 25.1 Å². The summed E-state index contributed by atoms with van der Waals surface area (Å²) in [6, 6.07) is 11.5. The minimum Gasteiger partial charge on any atom is -0.481 e. The highest BCUT2D eigenvalue weighted by Crippen LogP contribution is 2.29. The summed E-state index contributed by atoms with van der Waals surface area (Å²) in [5.41, 5.74) is 3.59. The number of hydrogen-bond acceptors (Lipinski definition) is 4. The molecule has 0 atom stereocenters. The summed E-state index contributed by atoms with van der Waals surface area (Å²) in [7, 11) is 1.52. The first-order valence-electron chi connectivity index (χ1n) is 9.75. The van der Waals surface area contributed by atoms with E-state index < -0.39 is 5.82 Å². The molecule has 32 heavy (non-hydrogen) atoms. The van der Waals surface area contributed by atoms with Crippen LogP contribution >= 0.6 is 23.2 Å². The number of methoxy groups -OCH3 is 1. The van der Waals surface area contributed by atoms with E-state index in [2.05, 4.69) is 15.4 Å². The molecule has 0 radical (unpaired) electrons. The van der Waals surface area contributed by atoms with Gasteiger partial charge in [-0.2, -0.15) is 9.61 Å². The fourth-order valence-electron chi connectivity index (χ4n) is 3.45. The number of carbonyl (C=O) groups excluding carboxylic acids is 1. The first-order valence-corrected chi connectivity index (χ1v) is 10.5. The molecule has 6 nitrogen and oxygen atoms in total. The van der Waals surface area contributed by atoms with Crippen LogP contribution in [0.4, 0.5) is 4.39 Å². The Kier molecular flexibility index (Phi) is 6.30. The fraction of sp³-hybridized carbons (Fsp3) is 0.174. The quantitative estimate of drug-likeness (QED) is 0.428. The Hall–Kier alpha value is -3.16. The molecule has 1 amide bonds. The van der Waals surface area contributed by atoms with E-state index in [0.717, 1.165) is 16.7 Å². The number of rotatable bonds is 6. The third kappa shape index (κ3) is 4.26. The number of nitrogens with one attached hydrogen (secondary N) is 1. The van der Waals surface area contributed by atoms with Gasteiger partial charge in [0.2, 0.25) is 5.88 Å². The van der Waals surface area contributed by atoms with Crippen molar-refractivity contribution in [1.29, 1.82) is 0 Å². The van der Waals surface area contributed by atoms with E-state index >= 15 is 0 Å². The maximum atomic E-state index is 13.4. The Bertz CT molecular complexity index is 1320. The number of nitrogens with zero attached hydrogens (tertiary/aromatic N) is 3. The third-order valence-electron chi connectivity index (χ3n) is 5.12. The standard InChI is InChI=1S/C23H19Cl2FN4O2/c1-13-17(9-14-7-8-16(26)10-20(14)25)23(32-2)30-21(29-13)18(12-28-30)22(31)27-11-15-5-3-4-6-19(15)24/h3-8,10,12H,9,11H2,1-2H3,(H,27,31). The number of fused-ring (bicyclic) bond motifs is 1. The summed E-state index contributed by atoms with van der Waals surface area (Å²) in [6.45, 7) is 2.08. The first-order chi connectivity index (χ1) is 15.4. The van der Waals surface area contributed by atoms with Gasteiger partial charge in [-0.15, -0.1) is 0 Å². The lowest BCUT2D eigenvalue weighted by Gasteiger charge is -2.14. The third-order valence-corrected chi connectivity index (χ3v) is 5.84. The lowest BCUT2D eigenvalue weighted by molar-refractivity contribution is 0.0952. The van der Waals surface area contributed by atoms with Crippen LogP contribution in [0.1, 0.15) is 32.7 Å². The van der Waals surface area contributed by atoms with Gasteiger partial charge in [0.15, 0.2) is 5.65 Å². The van der Waals surface area contributed by atoms with Crippen LogP contribution in [0.3, 0.4) is 0 Å². The van der Waals surface area contributed by atoms with Crippen LogP contribution in [0, 0.1) is 12.7 Å². The Morgan fingerprint density at radius 3 is 2.66 bits per heavy atom. The zero-order chi connectivity index (χ0) is 22.8. The molecular formula is C23H19Cl2FN4O2. The predicted octanol–water partition coefficient (Wildman–Crippen LogP) is 5.01. The van der Waals surface area contributed by atoms with Crippen LogP contribution in [-0.4, -0.2) is 27.6 Å². The topological polar surface area (TPSA) is 68.5 Å². The van der Waals surface area contributed by atoms with Gasteiger partial charge in [-0.05, 0) is 36.2 Å². The summed E-state index contributed by atoms with van der Waals surface area (Å²) >= 11 is 12.4. The first kappa shape index (κ1) is 22.0. The number of amides is 1. The van der Waals surface area contributed by atoms with Gasteiger partial charge in [0.25, 0.3) is 5.91 Å². The summed E-state index contributed by atoms with van der Waals surface area (Å²) in [4.78, 5) is 17.4. The van der Waals surface area contributed by atoms with Gasteiger partial charge in [-0.1, -0.05) is 47.5 Å². The molecule has 4 aromatic rings. The van der Waals surface area contributed by atoms with Gasteiger partial charge >= 0.3 is 0 Å². The van der Waals surface area contributed by atoms with Crippen LogP contribution in [0.5, 0.6) is 5.88 Å². The van der Waals surface area contributed by atoms with Crippen molar-refractivity contribution < 1.29 is 13.9 Å². The molecule has 1 N–H and O–H groups in total. The maximum absolute atomic E-state index is 13.4. The lowest BCUT2D eigenvalue weighted by atomic mass is 10.0. The maximum Gasteiger partial charge on any atom is 0.257 e. The van der Waals surface area contributed by atoms with E-state index in [1.165, 1.54) is 30.0 Å². The van der Waals surface area contributed by atoms with Crippen molar-refractivity contribution in [3.8, 4) is 5.88 Å². The monoisotopic (exact) mass is 472 g/mol. The number of aromatic nitrogens is 3. The van der Waals surface area contributed by atoms with E-state index in [-0.39, 0.29) is 12.5 Å². The Morgan fingerprint density at radius 2 is 1.94 bits per heavy atom. The van der Waals surface area contributed by atoms with Crippen molar-refractivity contribution in [2.45, 2.75) is 19.9 Å². The van der Waals surface area contributed by atoms with Crippen molar-refractivity contribution in [1.82, 2.24) is 19.9 Å². The summed E-state index contributed by atoms with van der Waals surface area (Å²) in [5, 5.41) is 8.05. The number of benzene rings is 2. The average molecular weight is 473 g/mol. The molecule has 0 aliphatic heterocycles. The van der Waals surface area contributed by atoms with Crippen molar-refractivity contribution in [2.24, 2.45) is 0 Å². The number of hydrogen-bond donors (Lipinski definition) is 1. The molecule has 0 unspecified atom stereocenters. The molecule has 0 aliphatic carbocycles. The van der Waals surface area contributed by atoms with E-state index in [4.69, 9.17) is 27.9 Å². The molecule has 2 aromatic carbocycles. The van der Waals surface area contributed by atoms with E-state index in [1.54, 1.807) is 12.1 Å². The second-order valence-corrected chi connectivity index (χ2v) is 7.98. The highest BCUT2D eigenvalue weighted by Gasteiger charge is 2.21. The van der Waals surface area contributed by atoms with Gasteiger partial charge in [0.05, 0.1) is 13.3 Å². The SMILES string of the molecule is COc1c(Cc2ccc(F)cc2Cl)c(C)nc2c(C(=O)NCc3ccccc3Cl)cnn12. The molecule has 0 aliphatic rings. The van der Waals surface area contributed by atoms with Crippen LogP contribution in [-0.2, 0) is 13.0 Å².